The Morgan fingerprint density at radius 2 is 1.50 bits per heavy atom. The first-order valence-corrected chi connectivity index (χ1v) is 9.99. The minimum atomic E-state index is 0.528. The zero-order valence-electron chi connectivity index (χ0n) is 15.8. The van der Waals surface area contributed by atoms with Crippen molar-refractivity contribution in [2.75, 3.05) is 44.2 Å². The topological polar surface area (TPSA) is 22.6 Å². The van der Waals surface area contributed by atoms with Crippen LogP contribution in [0.3, 0.4) is 0 Å². The molecule has 1 unspecified atom stereocenters. The molecule has 138 valence electrons. The zero-order valence-corrected chi connectivity index (χ0v) is 15.8. The Hall–Kier alpha value is -1.91. The van der Waals surface area contributed by atoms with Gasteiger partial charge in [-0.1, -0.05) is 30.3 Å². The third-order valence-corrected chi connectivity index (χ3v) is 6.19. The van der Waals surface area contributed by atoms with E-state index in [1.807, 2.05) is 12.4 Å². The summed E-state index contributed by atoms with van der Waals surface area (Å²) in [6.07, 6.45) is 6.38. The van der Waals surface area contributed by atoms with Gasteiger partial charge in [0.1, 0.15) is 0 Å². The molecule has 1 aromatic carbocycles. The molecular weight excluding hydrogens is 320 g/mol. The van der Waals surface area contributed by atoms with Gasteiger partial charge in [-0.3, -0.25) is 14.8 Å². The van der Waals surface area contributed by atoms with Crippen molar-refractivity contribution in [1.29, 1.82) is 0 Å². The summed E-state index contributed by atoms with van der Waals surface area (Å²) >= 11 is 0. The minimum absolute atomic E-state index is 0.528. The summed E-state index contributed by atoms with van der Waals surface area (Å²) in [5.41, 5.74) is 2.75. The van der Waals surface area contributed by atoms with Crippen molar-refractivity contribution in [3.05, 3.63) is 60.4 Å². The van der Waals surface area contributed by atoms with Crippen LogP contribution < -0.4 is 4.90 Å². The fourth-order valence-corrected chi connectivity index (χ4v) is 4.48. The number of benzene rings is 1. The lowest BCUT2D eigenvalue weighted by Gasteiger charge is -2.44. The molecule has 4 heteroatoms. The van der Waals surface area contributed by atoms with E-state index < -0.39 is 0 Å². The number of piperazine rings is 1. The number of rotatable bonds is 4. The molecule has 26 heavy (non-hydrogen) atoms. The van der Waals surface area contributed by atoms with Crippen LogP contribution in [-0.2, 0) is 0 Å². The fourth-order valence-electron chi connectivity index (χ4n) is 4.48. The first-order chi connectivity index (χ1) is 12.8. The second-order valence-electron chi connectivity index (χ2n) is 7.58. The van der Waals surface area contributed by atoms with Crippen molar-refractivity contribution in [1.82, 2.24) is 14.8 Å². The van der Waals surface area contributed by atoms with E-state index in [4.69, 9.17) is 0 Å². The van der Waals surface area contributed by atoms with Gasteiger partial charge in [-0.15, -0.1) is 0 Å². The number of pyridine rings is 1. The smallest absolute Gasteiger partial charge is 0.0397 e. The predicted octanol–water partition coefficient (Wildman–Crippen LogP) is 3.43. The second-order valence-corrected chi connectivity index (χ2v) is 7.58. The van der Waals surface area contributed by atoms with Gasteiger partial charge in [-0.05, 0) is 37.5 Å². The summed E-state index contributed by atoms with van der Waals surface area (Å²) in [5.74, 6) is 0. The summed E-state index contributed by atoms with van der Waals surface area (Å²) in [5, 5.41) is 0. The molecule has 1 aromatic heterocycles. The molecule has 0 saturated carbocycles. The molecule has 2 saturated heterocycles. The molecule has 0 N–H and O–H groups in total. The van der Waals surface area contributed by atoms with Crippen molar-refractivity contribution < 1.29 is 0 Å². The van der Waals surface area contributed by atoms with Gasteiger partial charge < -0.3 is 4.90 Å². The Kier molecular flexibility index (Phi) is 5.51. The Labute approximate surface area is 157 Å². The molecule has 2 aliphatic heterocycles. The molecule has 0 bridgehead atoms. The maximum absolute atomic E-state index is 4.13. The molecule has 0 radical (unpaired) electrons. The van der Waals surface area contributed by atoms with Crippen molar-refractivity contribution in [2.45, 2.75) is 31.8 Å². The fraction of sp³-hybridized carbons (Fsp3) is 0.500. The highest BCUT2D eigenvalue weighted by Crippen LogP contribution is 2.27. The average Bonchev–Trinajstić information content (AvgIpc) is 2.75. The van der Waals surface area contributed by atoms with E-state index in [-0.39, 0.29) is 0 Å². The number of likely N-dealkylation sites (tertiary alicyclic amines) is 1. The SMILES string of the molecule is CC(c1ccccc1)N1CCC(N2CCN(c3ccncc3)CC2)CC1. The van der Waals surface area contributed by atoms with Crippen LogP contribution in [0.2, 0.25) is 0 Å². The van der Waals surface area contributed by atoms with Crippen LogP contribution in [0.25, 0.3) is 0 Å². The van der Waals surface area contributed by atoms with Gasteiger partial charge in [0.15, 0.2) is 0 Å². The van der Waals surface area contributed by atoms with Crippen molar-refractivity contribution >= 4 is 5.69 Å². The Morgan fingerprint density at radius 1 is 0.846 bits per heavy atom. The molecule has 2 aromatic rings. The Balaban J connectivity index is 1.27. The second kappa shape index (κ2) is 8.19. The van der Waals surface area contributed by atoms with Crippen molar-refractivity contribution in [3.8, 4) is 0 Å². The summed E-state index contributed by atoms with van der Waals surface area (Å²) in [6, 6.07) is 16.5. The molecule has 0 aliphatic carbocycles. The Morgan fingerprint density at radius 3 is 2.15 bits per heavy atom. The number of hydrogen-bond donors (Lipinski definition) is 0. The number of anilines is 1. The summed E-state index contributed by atoms with van der Waals surface area (Å²) in [6.45, 7) is 9.40. The largest absolute Gasteiger partial charge is 0.369 e. The molecule has 3 heterocycles. The lowest BCUT2D eigenvalue weighted by Crippen LogP contribution is -2.53. The van der Waals surface area contributed by atoms with Crippen molar-refractivity contribution in [3.63, 3.8) is 0 Å². The third-order valence-electron chi connectivity index (χ3n) is 6.19. The van der Waals surface area contributed by atoms with Gasteiger partial charge in [-0.25, -0.2) is 0 Å². The number of nitrogens with zero attached hydrogens (tertiary/aromatic N) is 4. The van der Waals surface area contributed by atoms with E-state index in [1.165, 1.54) is 50.3 Å². The number of piperidine rings is 1. The highest BCUT2D eigenvalue weighted by Gasteiger charge is 2.29. The van der Waals surface area contributed by atoms with Gasteiger partial charge in [0, 0.05) is 69.4 Å². The van der Waals surface area contributed by atoms with E-state index in [9.17, 15) is 0 Å². The molecule has 1 atom stereocenters. The van der Waals surface area contributed by atoms with Crippen LogP contribution >= 0.6 is 0 Å². The molecular formula is C22H30N4. The maximum atomic E-state index is 4.13. The van der Waals surface area contributed by atoms with Gasteiger partial charge in [-0.2, -0.15) is 0 Å². The number of hydrogen-bond acceptors (Lipinski definition) is 4. The van der Waals surface area contributed by atoms with Crippen molar-refractivity contribution in [2.24, 2.45) is 0 Å². The van der Waals surface area contributed by atoms with Crippen LogP contribution in [0.1, 0.15) is 31.4 Å². The standard InChI is InChI=1S/C22H30N4/c1-19(20-5-3-2-4-6-20)24-13-9-22(10-14-24)26-17-15-25(16-18-26)21-7-11-23-12-8-21/h2-8,11-12,19,22H,9-10,13-18H2,1H3. The van der Waals surface area contributed by atoms with Crippen LogP contribution in [-0.4, -0.2) is 60.1 Å². The van der Waals surface area contributed by atoms with Gasteiger partial charge in [0.05, 0.1) is 0 Å². The van der Waals surface area contributed by atoms with Crippen LogP contribution in [0, 0.1) is 0 Å². The summed E-state index contributed by atoms with van der Waals surface area (Å²) < 4.78 is 0. The minimum Gasteiger partial charge on any atom is -0.369 e. The highest BCUT2D eigenvalue weighted by molar-refractivity contribution is 5.45. The van der Waals surface area contributed by atoms with E-state index in [2.05, 4.69) is 69.1 Å². The third kappa shape index (κ3) is 3.92. The first-order valence-electron chi connectivity index (χ1n) is 9.99. The van der Waals surface area contributed by atoms with E-state index in [0.717, 1.165) is 19.1 Å². The molecule has 0 spiro atoms. The van der Waals surface area contributed by atoms with E-state index >= 15 is 0 Å². The van der Waals surface area contributed by atoms with E-state index in [0.29, 0.717) is 6.04 Å². The lowest BCUT2D eigenvalue weighted by molar-refractivity contribution is 0.0840. The predicted molar refractivity (Wildman–Crippen MR) is 107 cm³/mol. The molecule has 4 rings (SSSR count). The molecule has 4 nitrogen and oxygen atoms in total. The Bertz CT molecular complexity index is 659. The quantitative estimate of drug-likeness (QED) is 0.842. The van der Waals surface area contributed by atoms with Crippen LogP contribution in [0.4, 0.5) is 5.69 Å². The van der Waals surface area contributed by atoms with E-state index in [1.54, 1.807) is 0 Å². The van der Waals surface area contributed by atoms with Crippen LogP contribution in [0.5, 0.6) is 0 Å². The van der Waals surface area contributed by atoms with Gasteiger partial charge >= 0.3 is 0 Å². The molecule has 2 aliphatic rings. The van der Waals surface area contributed by atoms with Gasteiger partial charge in [0.2, 0.25) is 0 Å². The highest BCUT2D eigenvalue weighted by atomic mass is 15.3. The molecule has 2 fully saturated rings. The summed E-state index contributed by atoms with van der Waals surface area (Å²) in [7, 11) is 0. The first kappa shape index (κ1) is 17.5. The zero-order chi connectivity index (χ0) is 17.8. The van der Waals surface area contributed by atoms with Gasteiger partial charge in [0.25, 0.3) is 0 Å². The van der Waals surface area contributed by atoms with Crippen LogP contribution in [0.15, 0.2) is 54.9 Å². The molecule has 0 amide bonds. The summed E-state index contributed by atoms with van der Waals surface area (Å²) in [4.78, 5) is 12.0. The lowest BCUT2D eigenvalue weighted by atomic mass is 9.98. The monoisotopic (exact) mass is 350 g/mol. The average molecular weight is 351 g/mol. The maximum Gasteiger partial charge on any atom is 0.0397 e. The normalized spacial score (nSPS) is 21.7. The number of aromatic nitrogens is 1.